The van der Waals surface area contributed by atoms with Crippen LogP contribution >= 0.6 is 0 Å². The molecule has 1 saturated carbocycles. The van der Waals surface area contributed by atoms with Gasteiger partial charge in [0, 0.05) is 6.92 Å². The molecular weight excluding hydrogens is 168 g/mol. The first-order chi connectivity index (χ1) is 6.16. The van der Waals surface area contributed by atoms with E-state index in [2.05, 4.69) is 6.92 Å². The second-order valence-electron chi connectivity index (χ2n) is 4.22. The highest BCUT2D eigenvalue weighted by atomic mass is 16.6. The van der Waals surface area contributed by atoms with Crippen molar-refractivity contribution in [1.29, 1.82) is 0 Å². The van der Waals surface area contributed by atoms with Gasteiger partial charge in [-0.3, -0.25) is 4.79 Å². The number of hydrogen-bond acceptors (Lipinski definition) is 3. The maximum atomic E-state index is 10.6. The van der Waals surface area contributed by atoms with Crippen LogP contribution in [0.4, 0.5) is 0 Å². The fourth-order valence-corrected chi connectivity index (χ4v) is 2.14. The van der Waals surface area contributed by atoms with E-state index in [1.807, 2.05) is 0 Å². The molecule has 3 heteroatoms. The monoisotopic (exact) mass is 184 g/mol. The second-order valence-corrected chi connectivity index (χ2v) is 4.22. The van der Waals surface area contributed by atoms with Gasteiger partial charge in [0.2, 0.25) is 0 Å². The fraction of sp³-hybridized carbons (Fsp3) is 0.900. The van der Waals surface area contributed by atoms with Crippen molar-refractivity contribution >= 4 is 5.97 Å². The van der Waals surface area contributed by atoms with E-state index >= 15 is 0 Å². The van der Waals surface area contributed by atoms with Gasteiger partial charge in [-0.1, -0.05) is 6.92 Å². The molecule has 2 rings (SSSR count). The first kappa shape index (κ1) is 9.00. The largest absolute Gasteiger partial charge is 0.466 e. The van der Waals surface area contributed by atoms with Crippen LogP contribution in [0, 0.1) is 11.8 Å². The summed E-state index contributed by atoms with van der Waals surface area (Å²) in [6, 6.07) is 0. The zero-order chi connectivity index (χ0) is 9.42. The molecule has 1 aliphatic heterocycles. The molecule has 4 unspecified atom stereocenters. The van der Waals surface area contributed by atoms with Crippen molar-refractivity contribution in [2.45, 2.75) is 38.9 Å². The molecule has 0 radical (unpaired) electrons. The number of carbonyl (C=O) groups excluding carboxylic acids is 1. The number of fused-ring (bicyclic) bond motifs is 1. The number of carbonyl (C=O) groups is 1. The molecule has 1 saturated heterocycles. The zero-order valence-electron chi connectivity index (χ0n) is 8.16. The van der Waals surface area contributed by atoms with Crippen molar-refractivity contribution in [3.05, 3.63) is 0 Å². The average molecular weight is 184 g/mol. The Bertz CT molecular complexity index is 214. The Balaban J connectivity index is 1.80. The minimum absolute atomic E-state index is 0.175. The van der Waals surface area contributed by atoms with E-state index in [1.54, 1.807) is 0 Å². The summed E-state index contributed by atoms with van der Waals surface area (Å²) in [5.74, 6) is 0.960. The van der Waals surface area contributed by atoms with Gasteiger partial charge in [-0.05, 0) is 24.7 Å². The first-order valence-electron chi connectivity index (χ1n) is 4.95. The van der Waals surface area contributed by atoms with E-state index in [9.17, 15) is 4.79 Å². The minimum atomic E-state index is -0.175. The molecule has 0 bridgehead atoms. The van der Waals surface area contributed by atoms with Gasteiger partial charge < -0.3 is 9.47 Å². The standard InChI is InChI=1S/C10H16O3/c1-6-3-9-10(13-9)4-8(6)5-12-7(2)11/h6,8-10H,3-5H2,1-2H3. The van der Waals surface area contributed by atoms with Crippen molar-refractivity contribution in [3.8, 4) is 0 Å². The SMILES string of the molecule is CC(=O)OCC1CC2OC2CC1C. The molecule has 13 heavy (non-hydrogen) atoms. The predicted octanol–water partition coefficient (Wildman–Crippen LogP) is 1.36. The highest BCUT2D eigenvalue weighted by molar-refractivity contribution is 5.65. The van der Waals surface area contributed by atoms with E-state index in [-0.39, 0.29) is 5.97 Å². The Labute approximate surface area is 78.4 Å². The van der Waals surface area contributed by atoms with Crippen molar-refractivity contribution < 1.29 is 14.3 Å². The molecular formula is C10H16O3. The molecule has 1 heterocycles. The topological polar surface area (TPSA) is 38.8 Å². The molecule has 2 fully saturated rings. The molecule has 0 amide bonds. The molecule has 0 aromatic heterocycles. The number of hydrogen-bond donors (Lipinski definition) is 0. The van der Waals surface area contributed by atoms with Crippen LogP contribution in [0.25, 0.3) is 0 Å². The van der Waals surface area contributed by atoms with Crippen molar-refractivity contribution in [1.82, 2.24) is 0 Å². The number of esters is 1. The van der Waals surface area contributed by atoms with Gasteiger partial charge in [-0.25, -0.2) is 0 Å². The van der Waals surface area contributed by atoms with Gasteiger partial charge in [0.15, 0.2) is 0 Å². The quantitative estimate of drug-likeness (QED) is 0.480. The molecule has 74 valence electrons. The van der Waals surface area contributed by atoms with E-state index < -0.39 is 0 Å². The summed E-state index contributed by atoms with van der Waals surface area (Å²) in [6.07, 6.45) is 3.19. The van der Waals surface area contributed by atoms with Crippen LogP contribution in [0.3, 0.4) is 0 Å². The highest BCUT2D eigenvalue weighted by Gasteiger charge is 2.46. The molecule has 3 nitrogen and oxygen atoms in total. The number of rotatable bonds is 2. The lowest BCUT2D eigenvalue weighted by Crippen LogP contribution is -2.26. The zero-order valence-corrected chi connectivity index (χ0v) is 8.16. The smallest absolute Gasteiger partial charge is 0.302 e. The molecule has 4 atom stereocenters. The third kappa shape index (κ3) is 2.02. The molecule has 2 aliphatic rings. The summed E-state index contributed by atoms with van der Waals surface area (Å²) >= 11 is 0. The highest BCUT2D eigenvalue weighted by Crippen LogP contribution is 2.42. The van der Waals surface area contributed by atoms with Gasteiger partial charge in [0.05, 0.1) is 18.8 Å². The lowest BCUT2D eigenvalue weighted by molar-refractivity contribution is -0.143. The van der Waals surface area contributed by atoms with Crippen molar-refractivity contribution in [3.63, 3.8) is 0 Å². The lowest BCUT2D eigenvalue weighted by atomic mass is 9.81. The van der Waals surface area contributed by atoms with E-state index in [4.69, 9.17) is 9.47 Å². The number of ether oxygens (including phenoxy) is 2. The summed E-state index contributed by atoms with van der Waals surface area (Å²) in [4.78, 5) is 10.6. The van der Waals surface area contributed by atoms with E-state index in [0.29, 0.717) is 30.7 Å². The Morgan fingerprint density at radius 3 is 2.85 bits per heavy atom. The number of epoxide rings is 1. The Kier molecular flexibility index (Phi) is 2.28. The maximum Gasteiger partial charge on any atom is 0.302 e. The summed E-state index contributed by atoms with van der Waals surface area (Å²) in [5.41, 5.74) is 0. The van der Waals surface area contributed by atoms with Crippen LogP contribution < -0.4 is 0 Å². The van der Waals surface area contributed by atoms with Gasteiger partial charge in [0.1, 0.15) is 0 Å². The Morgan fingerprint density at radius 1 is 1.46 bits per heavy atom. The lowest BCUT2D eigenvalue weighted by Gasteiger charge is -2.25. The molecule has 0 spiro atoms. The minimum Gasteiger partial charge on any atom is -0.466 e. The van der Waals surface area contributed by atoms with Crippen LogP contribution in [0.5, 0.6) is 0 Å². The van der Waals surface area contributed by atoms with E-state index in [0.717, 1.165) is 12.8 Å². The molecule has 1 aliphatic carbocycles. The predicted molar refractivity (Wildman–Crippen MR) is 47.2 cm³/mol. The van der Waals surface area contributed by atoms with Crippen LogP contribution in [0.15, 0.2) is 0 Å². The van der Waals surface area contributed by atoms with Crippen molar-refractivity contribution in [2.75, 3.05) is 6.61 Å². The Morgan fingerprint density at radius 2 is 2.15 bits per heavy atom. The first-order valence-corrected chi connectivity index (χ1v) is 4.95. The van der Waals surface area contributed by atoms with Crippen LogP contribution in [0.2, 0.25) is 0 Å². The summed E-state index contributed by atoms with van der Waals surface area (Å²) in [6.45, 7) is 4.25. The average Bonchev–Trinajstić information content (AvgIpc) is 2.77. The van der Waals surface area contributed by atoms with Crippen LogP contribution in [0.1, 0.15) is 26.7 Å². The van der Waals surface area contributed by atoms with Gasteiger partial charge >= 0.3 is 5.97 Å². The van der Waals surface area contributed by atoms with Gasteiger partial charge in [0.25, 0.3) is 0 Å². The van der Waals surface area contributed by atoms with Gasteiger partial charge in [-0.2, -0.15) is 0 Å². The summed E-state index contributed by atoms with van der Waals surface area (Å²) < 4.78 is 10.5. The Hall–Kier alpha value is -0.570. The summed E-state index contributed by atoms with van der Waals surface area (Å²) in [5, 5.41) is 0. The summed E-state index contributed by atoms with van der Waals surface area (Å²) in [7, 11) is 0. The van der Waals surface area contributed by atoms with E-state index in [1.165, 1.54) is 6.92 Å². The fourth-order valence-electron chi connectivity index (χ4n) is 2.14. The van der Waals surface area contributed by atoms with Gasteiger partial charge in [-0.15, -0.1) is 0 Å². The second kappa shape index (κ2) is 3.29. The normalized spacial score (nSPS) is 42.3. The molecule has 0 aromatic rings. The third-order valence-corrected chi connectivity index (χ3v) is 3.13. The maximum absolute atomic E-state index is 10.6. The van der Waals surface area contributed by atoms with Crippen LogP contribution in [-0.2, 0) is 14.3 Å². The molecule has 0 aromatic carbocycles. The molecule has 0 N–H and O–H groups in total. The van der Waals surface area contributed by atoms with Crippen LogP contribution in [-0.4, -0.2) is 24.8 Å². The third-order valence-electron chi connectivity index (χ3n) is 3.13. The van der Waals surface area contributed by atoms with Crippen molar-refractivity contribution in [2.24, 2.45) is 11.8 Å².